The average Bonchev–Trinajstić information content (AvgIpc) is 4.16. The van der Waals surface area contributed by atoms with Crippen LogP contribution in [0.4, 0.5) is 23.0 Å². The van der Waals surface area contributed by atoms with Crippen molar-refractivity contribution in [2.75, 3.05) is 51.0 Å². The van der Waals surface area contributed by atoms with Gasteiger partial charge in [0.1, 0.15) is 45.5 Å². The number of ether oxygens (including phenoxy) is 2. The predicted octanol–water partition coefficient (Wildman–Crippen LogP) is 7.99. The molecule has 336 valence electrons. The largest absolute Gasteiger partial charge is 0.492 e. The minimum absolute atomic E-state index is 0.0522. The van der Waals surface area contributed by atoms with Crippen LogP contribution >= 0.6 is 22.7 Å². The van der Waals surface area contributed by atoms with E-state index in [-0.39, 0.29) is 11.8 Å². The highest BCUT2D eigenvalue weighted by atomic mass is 32.1. The number of benzene rings is 2. The lowest BCUT2D eigenvalue weighted by Gasteiger charge is -2.27. The van der Waals surface area contributed by atoms with Crippen LogP contribution in [0.25, 0.3) is 20.4 Å². The van der Waals surface area contributed by atoms with Gasteiger partial charge in [-0.1, -0.05) is 0 Å². The molecule has 4 aromatic heterocycles. The number of carboxylic acids is 1. The van der Waals surface area contributed by atoms with Crippen molar-refractivity contribution in [3.8, 4) is 11.5 Å². The minimum atomic E-state index is -0.723. The lowest BCUT2D eigenvalue weighted by Crippen LogP contribution is -2.39. The molecule has 5 aliphatic rings. The number of aliphatic carboxylic acids is 1. The fraction of sp³-hybridized carbons (Fsp3) is 0.417. The fourth-order valence-electron chi connectivity index (χ4n) is 9.73. The van der Waals surface area contributed by atoms with Crippen LogP contribution in [0.1, 0.15) is 76.2 Å². The Morgan fingerprint density at radius 3 is 1.77 bits per heavy atom. The highest BCUT2D eigenvalue weighted by Gasteiger charge is 2.35. The summed E-state index contributed by atoms with van der Waals surface area (Å²) in [6.07, 6.45) is 12.5. The van der Waals surface area contributed by atoms with E-state index in [0.29, 0.717) is 51.1 Å². The Bertz CT molecular complexity index is 2890. The van der Waals surface area contributed by atoms with Gasteiger partial charge in [0.15, 0.2) is 0 Å². The lowest BCUT2D eigenvalue weighted by atomic mass is 9.87. The summed E-state index contributed by atoms with van der Waals surface area (Å²) in [6.45, 7) is 8.19. The number of likely N-dealkylation sites (tertiary alicyclic amines) is 1. The third-order valence-corrected chi connectivity index (χ3v) is 15.5. The van der Waals surface area contributed by atoms with Crippen LogP contribution < -0.4 is 20.1 Å². The van der Waals surface area contributed by atoms with Gasteiger partial charge >= 0.3 is 5.97 Å². The molecule has 17 heteroatoms. The van der Waals surface area contributed by atoms with Crippen molar-refractivity contribution in [2.24, 2.45) is 21.8 Å². The normalized spacial score (nSPS) is 19.2. The quantitative estimate of drug-likeness (QED) is 0.114. The molecular formula is C48H52N10O5S2. The molecule has 0 radical (unpaired) electrons. The van der Waals surface area contributed by atoms with Crippen molar-refractivity contribution < 1.29 is 24.2 Å². The number of thiophene rings is 2. The van der Waals surface area contributed by atoms with Crippen molar-refractivity contribution in [1.82, 2.24) is 29.7 Å². The molecule has 6 aromatic rings. The van der Waals surface area contributed by atoms with Gasteiger partial charge in [0.25, 0.3) is 0 Å². The van der Waals surface area contributed by atoms with Crippen molar-refractivity contribution in [1.29, 1.82) is 0 Å². The zero-order chi connectivity index (χ0) is 44.8. The van der Waals surface area contributed by atoms with E-state index >= 15 is 0 Å². The number of carboxylic acid groups (broad SMARTS) is 1. The van der Waals surface area contributed by atoms with Crippen LogP contribution in [-0.4, -0.2) is 106 Å². The molecule has 3 aliphatic heterocycles. The summed E-state index contributed by atoms with van der Waals surface area (Å²) in [5, 5.41) is 18.5. The smallest absolute Gasteiger partial charge is 0.306 e. The van der Waals surface area contributed by atoms with Crippen LogP contribution in [0.15, 0.2) is 46.9 Å². The first-order chi connectivity index (χ1) is 31.6. The second-order valence-electron chi connectivity index (χ2n) is 17.4. The molecule has 1 amide bonds. The Morgan fingerprint density at radius 2 is 1.28 bits per heavy atom. The molecule has 1 fully saturated rings. The third-order valence-electron chi connectivity index (χ3n) is 13.2. The Balaban J connectivity index is 0.000000157. The number of carbonyl (C=O) groups is 2. The molecule has 11 rings (SSSR count). The summed E-state index contributed by atoms with van der Waals surface area (Å²) in [5.41, 5.74) is 8.71. The van der Waals surface area contributed by atoms with E-state index in [1.54, 1.807) is 35.3 Å². The zero-order valence-corrected chi connectivity index (χ0v) is 38.7. The summed E-state index contributed by atoms with van der Waals surface area (Å²) in [7, 11) is 4.20. The molecule has 2 aromatic carbocycles. The SMILES string of the molecule is CCOc1cc2c(cc1Nc1ncnc3sc4c(c13)CC[C@H](C(=O)N1CC[C@@H](N(C)C)C1)C4)C=NC2.CCOc1cc2c(cc1Nc1ncnc3sc4c(c13)CC[C@H](C(=O)O)C4)C=NC2. The molecule has 65 heavy (non-hydrogen) atoms. The number of nitrogens with zero attached hydrogens (tertiary/aromatic N) is 8. The number of rotatable bonds is 11. The Morgan fingerprint density at radius 1 is 0.754 bits per heavy atom. The van der Waals surface area contributed by atoms with Gasteiger partial charge in [-0.15, -0.1) is 22.7 Å². The van der Waals surface area contributed by atoms with Crippen LogP contribution in [0.5, 0.6) is 11.5 Å². The van der Waals surface area contributed by atoms with Gasteiger partial charge in [-0.25, -0.2) is 19.9 Å². The maximum Gasteiger partial charge on any atom is 0.306 e. The van der Waals surface area contributed by atoms with Crippen LogP contribution in [0.3, 0.4) is 0 Å². The van der Waals surface area contributed by atoms with E-state index < -0.39 is 5.97 Å². The van der Waals surface area contributed by atoms with E-state index in [0.717, 1.165) is 122 Å². The van der Waals surface area contributed by atoms with E-state index in [4.69, 9.17) is 9.47 Å². The van der Waals surface area contributed by atoms with Gasteiger partial charge in [-0.05, 0) is 131 Å². The molecule has 3 N–H and O–H groups in total. The highest BCUT2D eigenvalue weighted by Crippen LogP contribution is 2.44. The second-order valence-corrected chi connectivity index (χ2v) is 19.5. The molecule has 3 atom stereocenters. The number of nitrogens with one attached hydrogen (secondary N) is 2. The van der Waals surface area contributed by atoms with Crippen LogP contribution in [0, 0.1) is 11.8 Å². The average molecular weight is 913 g/mol. The van der Waals surface area contributed by atoms with Crippen molar-refractivity contribution in [3.63, 3.8) is 0 Å². The zero-order valence-electron chi connectivity index (χ0n) is 37.0. The summed E-state index contributed by atoms with van der Waals surface area (Å²) in [4.78, 5) is 60.2. The topological polar surface area (TPSA) is 180 Å². The number of aromatic nitrogens is 4. The number of aliphatic imine (C=N–C) groups is 2. The lowest BCUT2D eigenvalue weighted by molar-refractivity contribution is -0.142. The summed E-state index contributed by atoms with van der Waals surface area (Å²) < 4.78 is 11.8. The van der Waals surface area contributed by atoms with E-state index in [2.05, 4.69) is 76.6 Å². The minimum Gasteiger partial charge on any atom is -0.492 e. The first-order valence-corrected chi connectivity index (χ1v) is 24.1. The van der Waals surface area contributed by atoms with E-state index in [9.17, 15) is 14.7 Å². The number of hydrogen-bond donors (Lipinski definition) is 3. The van der Waals surface area contributed by atoms with Gasteiger partial charge in [-0.3, -0.25) is 19.6 Å². The highest BCUT2D eigenvalue weighted by molar-refractivity contribution is 7.19. The molecule has 0 spiro atoms. The van der Waals surface area contributed by atoms with Crippen molar-refractivity contribution >= 4 is 90.4 Å². The summed E-state index contributed by atoms with van der Waals surface area (Å²) >= 11 is 3.28. The summed E-state index contributed by atoms with van der Waals surface area (Å²) in [6, 6.07) is 8.71. The molecule has 1 saturated heterocycles. The van der Waals surface area contributed by atoms with Crippen molar-refractivity contribution in [2.45, 2.75) is 77.9 Å². The maximum atomic E-state index is 13.3. The van der Waals surface area contributed by atoms with Gasteiger partial charge in [0.2, 0.25) is 5.91 Å². The molecular weight excluding hydrogens is 861 g/mol. The van der Waals surface area contributed by atoms with Gasteiger partial charge in [0, 0.05) is 47.2 Å². The maximum absolute atomic E-state index is 13.3. The van der Waals surface area contributed by atoms with Crippen molar-refractivity contribution in [3.05, 3.63) is 80.1 Å². The number of carbonyl (C=O) groups excluding carboxylic acids is 1. The number of fused-ring (bicyclic) bond motifs is 8. The molecule has 7 heterocycles. The number of hydrogen-bond acceptors (Lipinski definition) is 15. The number of aryl methyl sites for hydroxylation is 2. The van der Waals surface area contributed by atoms with Crippen LogP contribution in [-0.2, 0) is 48.4 Å². The van der Waals surface area contributed by atoms with Gasteiger partial charge in [0.05, 0.1) is 54.4 Å². The van der Waals surface area contributed by atoms with E-state index in [1.165, 1.54) is 21.6 Å². The monoisotopic (exact) mass is 912 g/mol. The predicted molar refractivity (Wildman–Crippen MR) is 257 cm³/mol. The standard InChI is InChI=1S/C27H32N6O2S.C21H20N4O3S/c1-4-35-22-10-18-13-28-12-17(18)9-21(22)31-25-24-20-6-5-16(11-23(20)36-26(24)30-15-29-25)27(34)33-8-7-19(14-33)32(2)3;1-2-28-16-6-13-9-22-8-12(13)5-15(16)25-19-18-14-4-3-11(21(26)27)7-17(14)29-20(18)24-10-23-19/h9-10,12,15-16,19H,4-8,11,13-14H2,1-3H3,(H,29,30,31);5-6,8,10-11H,2-4,7,9H2,1H3,(H,26,27)(H,23,24,25)/t16-,19+;11-/m00/s1. The molecule has 2 aliphatic carbocycles. The van der Waals surface area contributed by atoms with Gasteiger partial charge in [-0.2, -0.15) is 0 Å². The van der Waals surface area contributed by atoms with E-state index in [1.807, 2.05) is 38.4 Å². The molecule has 0 unspecified atom stereocenters. The Labute approximate surface area is 385 Å². The van der Waals surface area contributed by atoms with Crippen LogP contribution in [0.2, 0.25) is 0 Å². The number of anilines is 4. The second kappa shape index (κ2) is 18.1. The molecule has 15 nitrogen and oxygen atoms in total. The summed E-state index contributed by atoms with van der Waals surface area (Å²) in [5.74, 6) is 2.44. The third kappa shape index (κ3) is 8.40. The number of likely N-dealkylation sites (N-methyl/N-ethyl adjacent to an activating group) is 1. The molecule has 0 saturated carbocycles. The fourth-order valence-corrected chi connectivity index (χ4v) is 12.3. The Hall–Kier alpha value is -6.04. The van der Waals surface area contributed by atoms with Gasteiger partial charge < -0.3 is 35.0 Å². The first kappa shape index (κ1) is 42.9. The first-order valence-electron chi connectivity index (χ1n) is 22.5. The molecule has 0 bridgehead atoms. The number of amides is 1. The Kier molecular flexibility index (Phi) is 11.9.